The van der Waals surface area contributed by atoms with Crippen LogP contribution in [-0.2, 0) is 4.79 Å². The maximum Gasteiger partial charge on any atom is 0.248 e. The lowest BCUT2D eigenvalue weighted by molar-refractivity contribution is -0.111. The smallest absolute Gasteiger partial charge is 0.248 e. The number of nitrogens with zero attached hydrogens (tertiary/aromatic N) is 1. The summed E-state index contributed by atoms with van der Waals surface area (Å²) in [4.78, 5) is 17.3. The van der Waals surface area contributed by atoms with Crippen LogP contribution in [0.4, 0.5) is 5.69 Å². The molecule has 0 saturated carbocycles. The number of benzene rings is 3. The first-order chi connectivity index (χ1) is 16.6. The highest BCUT2D eigenvalue weighted by Crippen LogP contribution is 2.37. The molecular formula is C29H24N2O3. The zero-order chi connectivity index (χ0) is 23.5. The summed E-state index contributed by atoms with van der Waals surface area (Å²) in [7, 11) is 0. The molecule has 5 rings (SSSR count). The number of furan rings is 1. The van der Waals surface area contributed by atoms with E-state index in [1.165, 1.54) is 0 Å². The molecule has 5 heteroatoms. The van der Waals surface area contributed by atoms with Crippen LogP contribution < -0.4 is 10.1 Å². The molecule has 0 aliphatic heterocycles. The highest BCUT2D eigenvalue weighted by atomic mass is 16.5. The Hall–Kier alpha value is -4.38. The minimum Gasteiger partial charge on any atom is -0.493 e. The van der Waals surface area contributed by atoms with E-state index in [1.807, 2.05) is 74.5 Å². The third-order valence-electron chi connectivity index (χ3n) is 5.74. The van der Waals surface area contributed by atoms with Crippen molar-refractivity contribution in [2.75, 3.05) is 11.9 Å². The van der Waals surface area contributed by atoms with Gasteiger partial charge in [-0.05, 0) is 55.3 Å². The highest BCUT2D eigenvalue weighted by Gasteiger charge is 2.15. The average Bonchev–Trinajstić information content (AvgIpc) is 3.27. The number of allylic oxidation sites excluding steroid dienone is 1. The van der Waals surface area contributed by atoms with Crippen molar-refractivity contribution in [2.45, 2.75) is 13.8 Å². The molecule has 0 aliphatic carbocycles. The molecule has 34 heavy (non-hydrogen) atoms. The van der Waals surface area contributed by atoms with E-state index >= 15 is 0 Å². The van der Waals surface area contributed by atoms with Gasteiger partial charge in [-0.3, -0.25) is 9.78 Å². The standard InChI is InChI=1S/C29H24N2O3/c1-3-33-27-17-28-23(24(18-34-28)20-9-5-4-6-10-20)16-22(27)19(2)15-29(32)31-26-13-7-12-25-21(26)11-8-14-30-25/h4-18H,3H2,1-2H3,(H,31,32)/b19-15+. The SMILES string of the molecule is CCOc1cc2occ(-c3ccccc3)c2cc1/C(C)=C/C(=O)Nc1cccc2ncccc12. The van der Waals surface area contributed by atoms with Crippen LogP contribution >= 0.6 is 0 Å². The first kappa shape index (κ1) is 21.5. The maximum absolute atomic E-state index is 12.9. The van der Waals surface area contributed by atoms with Gasteiger partial charge in [0.15, 0.2) is 0 Å². The molecule has 0 aliphatic rings. The zero-order valence-electron chi connectivity index (χ0n) is 19.0. The molecule has 3 aromatic carbocycles. The summed E-state index contributed by atoms with van der Waals surface area (Å²) in [5, 5.41) is 4.86. The Labute approximate surface area is 197 Å². The Kier molecular flexibility index (Phi) is 5.83. The molecule has 2 heterocycles. The van der Waals surface area contributed by atoms with Crippen LogP contribution in [0, 0.1) is 0 Å². The zero-order valence-corrected chi connectivity index (χ0v) is 19.0. The number of fused-ring (bicyclic) bond motifs is 2. The van der Waals surface area contributed by atoms with Crippen LogP contribution in [0.3, 0.4) is 0 Å². The average molecular weight is 449 g/mol. The molecule has 0 radical (unpaired) electrons. The molecule has 0 unspecified atom stereocenters. The predicted molar refractivity (Wildman–Crippen MR) is 137 cm³/mol. The van der Waals surface area contributed by atoms with Gasteiger partial charge in [0.25, 0.3) is 0 Å². The Morgan fingerprint density at radius 3 is 2.71 bits per heavy atom. The topological polar surface area (TPSA) is 64.4 Å². The number of hydrogen-bond donors (Lipinski definition) is 1. The van der Waals surface area contributed by atoms with Gasteiger partial charge in [0.1, 0.15) is 11.3 Å². The van der Waals surface area contributed by atoms with Crippen LogP contribution in [0.5, 0.6) is 5.75 Å². The van der Waals surface area contributed by atoms with Crippen molar-refractivity contribution in [3.63, 3.8) is 0 Å². The molecule has 0 spiro atoms. The number of pyridine rings is 1. The van der Waals surface area contributed by atoms with E-state index in [2.05, 4.69) is 22.4 Å². The molecule has 1 N–H and O–H groups in total. The normalized spacial score (nSPS) is 11.6. The molecule has 0 bridgehead atoms. The van der Waals surface area contributed by atoms with E-state index < -0.39 is 0 Å². The second-order valence-corrected chi connectivity index (χ2v) is 7.99. The minimum atomic E-state index is -0.216. The quantitative estimate of drug-likeness (QED) is 0.282. The second kappa shape index (κ2) is 9.24. The van der Waals surface area contributed by atoms with Gasteiger partial charge in [0.2, 0.25) is 5.91 Å². The van der Waals surface area contributed by atoms with Gasteiger partial charge >= 0.3 is 0 Å². The molecule has 0 atom stereocenters. The van der Waals surface area contributed by atoms with Gasteiger partial charge in [0, 0.05) is 40.2 Å². The first-order valence-electron chi connectivity index (χ1n) is 11.2. The Morgan fingerprint density at radius 2 is 1.88 bits per heavy atom. The summed E-state index contributed by atoms with van der Waals surface area (Å²) in [6.45, 7) is 4.36. The van der Waals surface area contributed by atoms with Gasteiger partial charge in [0.05, 0.1) is 24.1 Å². The Balaban J connectivity index is 1.52. The third kappa shape index (κ3) is 4.16. The van der Waals surface area contributed by atoms with Crippen molar-refractivity contribution in [1.29, 1.82) is 0 Å². The van der Waals surface area contributed by atoms with Gasteiger partial charge in [-0.15, -0.1) is 0 Å². The Bertz CT molecular complexity index is 1510. The van der Waals surface area contributed by atoms with Crippen molar-refractivity contribution in [1.82, 2.24) is 4.98 Å². The second-order valence-electron chi connectivity index (χ2n) is 7.99. The van der Waals surface area contributed by atoms with Crippen molar-refractivity contribution in [2.24, 2.45) is 0 Å². The lowest BCUT2D eigenvalue weighted by atomic mass is 9.99. The molecule has 1 amide bonds. The number of amides is 1. The highest BCUT2D eigenvalue weighted by molar-refractivity contribution is 6.09. The summed E-state index contributed by atoms with van der Waals surface area (Å²) in [6, 6.07) is 23.5. The molecule has 5 aromatic rings. The molecular weight excluding hydrogens is 424 g/mol. The van der Waals surface area contributed by atoms with E-state index in [-0.39, 0.29) is 5.91 Å². The summed E-state index contributed by atoms with van der Waals surface area (Å²) in [5.41, 5.74) is 6.01. The molecule has 0 saturated heterocycles. The monoisotopic (exact) mass is 448 g/mol. The number of aromatic nitrogens is 1. The van der Waals surface area contributed by atoms with Crippen LogP contribution in [0.1, 0.15) is 19.4 Å². The lowest BCUT2D eigenvalue weighted by Gasteiger charge is -2.12. The van der Waals surface area contributed by atoms with E-state index in [1.54, 1.807) is 18.5 Å². The fourth-order valence-corrected chi connectivity index (χ4v) is 4.13. The van der Waals surface area contributed by atoms with E-state index in [0.29, 0.717) is 12.4 Å². The van der Waals surface area contributed by atoms with Gasteiger partial charge < -0.3 is 14.5 Å². The van der Waals surface area contributed by atoms with Crippen molar-refractivity contribution in [3.8, 4) is 16.9 Å². The van der Waals surface area contributed by atoms with Crippen molar-refractivity contribution < 1.29 is 13.9 Å². The molecule has 168 valence electrons. The molecule has 2 aromatic heterocycles. The van der Waals surface area contributed by atoms with E-state index in [0.717, 1.165) is 49.8 Å². The fourth-order valence-electron chi connectivity index (χ4n) is 4.13. The van der Waals surface area contributed by atoms with Crippen molar-refractivity contribution >= 4 is 39.0 Å². The Morgan fingerprint density at radius 1 is 1.03 bits per heavy atom. The van der Waals surface area contributed by atoms with Crippen LogP contribution in [-0.4, -0.2) is 17.5 Å². The summed E-state index contributed by atoms with van der Waals surface area (Å²) in [5.74, 6) is 0.465. The minimum absolute atomic E-state index is 0.216. The number of ether oxygens (including phenoxy) is 1. The number of anilines is 1. The number of nitrogens with one attached hydrogen (secondary N) is 1. The lowest BCUT2D eigenvalue weighted by Crippen LogP contribution is -2.09. The van der Waals surface area contributed by atoms with Crippen LogP contribution in [0.25, 0.3) is 38.6 Å². The summed E-state index contributed by atoms with van der Waals surface area (Å²) >= 11 is 0. The number of carbonyl (C=O) groups is 1. The van der Waals surface area contributed by atoms with Crippen LogP contribution in [0.15, 0.2) is 95.7 Å². The number of rotatable bonds is 6. The number of hydrogen-bond acceptors (Lipinski definition) is 4. The summed E-state index contributed by atoms with van der Waals surface area (Å²) < 4.78 is 11.7. The van der Waals surface area contributed by atoms with Gasteiger partial charge in [-0.1, -0.05) is 36.4 Å². The van der Waals surface area contributed by atoms with E-state index in [4.69, 9.17) is 9.15 Å². The van der Waals surface area contributed by atoms with E-state index in [9.17, 15) is 4.79 Å². The third-order valence-corrected chi connectivity index (χ3v) is 5.74. The van der Waals surface area contributed by atoms with Gasteiger partial charge in [-0.25, -0.2) is 0 Å². The number of carbonyl (C=O) groups excluding carboxylic acids is 1. The molecule has 0 fully saturated rings. The summed E-state index contributed by atoms with van der Waals surface area (Å²) in [6.07, 6.45) is 5.10. The largest absolute Gasteiger partial charge is 0.493 e. The molecule has 5 nitrogen and oxygen atoms in total. The first-order valence-corrected chi connectivity index (χ1v) is 11.2. The maximum atomic E-state index is 12.9. The van der Waals surface area contributed by atoms with Gasteiger partial charge in [-0.2, -0.15) is 0 Å². The fraction of sp³-hybridized carbons (Fsp3) is 0.103. The van der Waals surface area contributed by atoms with Crippen molar-refractivity contribution in [3.05, 3.63) is 96.9 Å². The predicted octanol–water partition coefficient (Wildman–Crippen LogP) is 7.09. The van der Waals surface area contributed by atoms with Crippen LogP contribution in [0.2, 0.25) is 0 Å².